The van der Waals surface area contributed by atoms with Gasteiger partial charge in [0.05, 0.1) is 12.0 Å². The van der Waals surface area contributed by atoms with E-state index in [9.17, 15) is 27.1 Å². The standard InChI is InChI=1S/C14H17F5O2/c15-12(16)10-8-5-9(7-4-2-1-3-6(7)8)11(10)21-13(12,20)14(17,18)19/h6-11,20H,1-5H2. The Balaban J connectivity index is 1.73. The summed E-state index contributed by atoms with van der Waals surface area (Å²) in [7, 11) is 0. The lowest BCUT2D eigenvalue weighted by atomic mass is 9.65. The highest BCUT2D eigenvalue weighted by atomic mass is 19.4. The first-order chi connectivity index (χ1) is 9.68. The average molecular weight is 312 g/mol. The van der Waals surface area contributed by atoms with E-state index in [1.54, 1.807) is 0 Å². The molecule has 3 saturated carbocycles. The van der Waals surface area contributed by atoms with Crippen LogP contribution in [-0.2, 0) is 4.74 Å². The first-order valence-corrected chi connectivity index (χ1v) is 7.53. The predicted molar refractivity (Wildman–Crippen MR) is 61.4 cm³/mol. The second-order valence-corrected chi connectivity index (χ2v) is 7.05. The van der Waals surface area contributed by atoms with Crippen molar-refractivity contribution < 1.29 is 31.8 Å². The predicted octanol–water partition coefficient (Wildman–Crippen LogP) is 3.34. The quantitative estimate of drug-likeness (QED) is 0.695. The summed E-state index contributed by atoms with van der Waals surface area (Å²) in [5.74, 6) is -10.5. The molecule has 3 aliphatic carbocycles. The molecular formula is C14H17F5O2. The van der Waals surface area contributed by atoms with Gasteiger partial charge in [0.15, 0.2) is 0 Å². The molecule has 7 atom stereocenters. The highest BCUT2D eigenvalue weighted by Gasteiger charge is 2.84. The van der Waals surface area contributed by atoms with Crippen molar-refractivity contribution in [3.63, 3.8) is 0 Å². The molecule has 0 spiro atoms. The van der Waals surface area contributed by atoms with Crippen LogP contribution < -0.4 is 0 Å². The molecule has 21 heavy (non-hydrogen) atoms. The molecule has 0 aromatic heterocycles. The molecule has 0 aromatic rings. The van der Waals surface area contributed by atoms with Crippen LogP contribution in [0.15, 0.2) is 0 Å². The van der Waals surface area contributed by atoms with Crippen LogP contribution in [0, 0.1) is 29.6 Å². The molecule has 120 valence electrons. The molecule has 0 aromatic carbocycles. The summed E-state index contributed by atoms with van der Waals surface area (Å²) in [4.78, 5) is 0. The molecule has 4 aliphatic rings. The number of alkyl halides is 5. The van der Waals surface area contributed by atoms with Gasteiger partial charge in [0.2, 0.25) is 0 Å². The van der Waals surface area contributed by atoms with Gasteiger partial charge >= 0.3 is 17.9 Å². The molecule has 1 aliphatic heterocycles. The van der Waals surface area contributed by atoms with E-state index in [-0.39, 0.29) is 17.8 Å². The molecule has 4 rings (SSSR count). The molecule has 7 heteroatoms. The maximum atomic E-state index is 14.4. The number of ether oxygens (including phenoxy) is 1. The SMILES string of the molecule is OC1(C(F)(F)F)OC2C3CC(C4CCCCC43)C2C1(F)F. The molecular weight excluding hydrogens is 295 g/mol. The zero-order valence-corrected chi connectivity index (χ0v) is 11.2. The Morgan fingerprint density at radius 1 is 0.952 bits per heavy atom. The average Bonchev–Trinajstić information content (AvgIpc) is 2.99. The monoisotopic (exact) mass is 312 g/mol. The summed E-state index contributed by atoms with van der Waals surface area (Å²) < 4.78 is 72.2. The van der Waals surface area contributed by atoms with Crippen molar-refractivity contribution in [2.24, 2.45) is 29.6 Å². The van der Waals surface area contributed by atoms with Crippen LogP contribution in [0.3, 0.4) is 0 Å². The maximum absolute atomic E-state index is 14.4. The second-order valence-electron chi connectivity index (χ2n) is 7.05. The van der Waals surface area contributed by atoms with E-state index in [1.165, 1.54) is 0 Å². The third kappa shape index (κ3) is 1.49. The summed E-state index contributed by atoms with van der Waals surface area (Å²) in [5, 5.41) is 9.56. The molecule has 0 radical (unpaired) electrons. The lowest BCUT2D eigenvalue weighted by molar-refractivity contribution is -0.411. The van der Waals surface area contributed by atoms with E-state index in [1.807, 2.05) is 0 Å². The van der Waals surface area contributed by atoms with Crippen LogP contribution >= 0.6 is 0 Å². The number of hydrogen-bond donors (Lipinski definition) is 1. The zero-order chi connectivity index (χ0) is 15.2. The van der Waals surface area contributed by atoms with Gasteiger partial charge in [0.1, 0.15) is 0 Å². The highest BCUT2D eigenvalue weighted by molar-refractivity contribution is 5.17. The minimum atomic E-state index is -5.48. The summed E-state index contributed by atoms with van der Waals surface area (Å²) >= 11 is 0. The van der Waals surface area contributed by atoms with Crippen molar-refractivity contribution >= 4 is 0 Å². The Morgan fingerprint density at radius 3 is 2.10 bits per heavy atom. The fourth-order valence-corrected chi connectivity index (χ4v) is 5.61. The molecule has 1 N–H and O–H groups in total. The first-order valence-electron chi connectivity index (χ1n) is 7.53. The van der Waals surface area contributed by atoms with Crippen LogP contribution in [-0.4, -0.2) is 29.1 Å². The Hall–Kier alpha value is -0.430. The number of rotatable bonds is 0. The minimum Gasteiger partial charge on any atom is -0.354 e. The number of fused-ring (bicyclic) bond motifs is 8. The Labute approximate surface area is 118 Å². The Bertz CT molecular complexity index is 465. The van der Waals surface area contributed by atoms with E-state index in [2.05, 4.69) is 4.74 Å². The van der Waals surface area contributed by atoms with E-state index in [0.717, 1.165) is 25.7 Å². The molecule has 0 amide bonds. The Kier molecular flexibility index (Phi) is 2.64. The molecule has 1 heterocycles. The lowest BCUT2D eigenvalue weighted by Gasteiger charge is -2.41. The third-order valence-electron chi connectivity index (χ3n) is 6.32. The largest absolute Gasteiger partial charge is 0.449 e. The number of aliphatic hydroxyl groups is 1. The van der Waals surface area contributed by atoms with Crippen LogP contribution in [0.2, 0.25) is 0 Å². The van der Waals surface area contributed by atoms with Gasteiger partial charge in [-0.2, -0.15) is 22.0 Å². The first kappa shape index (κ1) is 14.2. The van der Waals surface area contributed by atoms with Gasteiger partial charge in [0.25, 0.3) is 0 Å². The summed E-state index contributed by atoms with van der Waals surface area (Å²) in [6, 6.07) is 0. The van der Waals surface area contributed by atoms with Crippen molar-refractivity contribution in [3.05, 3.63) is 0 Å². The third-order valence-corrected chi connectivity index (χ3v) is 6.32. The second kappa shape index (κ2) is 3.91. The van der Waals surface area contributed by atoms with Crippen molar-refractivity contribution in [1.82, 2.24) is 0 Å². The van der Waals surface area contributed by atoms with Crippen molar-refractivity contribution in [2.75, 3.05) is 0 Å². The summed E-state index contributed by atoms with van der Waals surface area (Å²) in [6.45, 7) is 0. The van der Waals surface area contributed by atoms with Crippen molar-refractivity contribution in [3.8, 4) is 0 Å². The molecule has 2 bridgehead atoms. The molecule has 7 unspecified atom stereocenters. The topological polar surface area (TPSA) is 29.5 Å². The van der Waals surface area contributed by atoms with Gasteiger partial charge in [-0.3, -0.25) is 0 Å². The lowest BCUT2D eigenvalue weighted by Crippen LogP contribution is -2.59. The Morgan fingerprint density at radius 2 is 1.52 bits per heavy atom. The van der Waals surface area contributed by atoms with Gasteiger partial charge in [-0.25, -0.2) is 0 Å². The van der Waals surface area contributed by atoms with Crippen LogP contribution in [0.4, 0.5) is 22.0 Å². The van der Waals surface area contributed by atoms with Gasteiger partial charge in [-0.1, -0.05) is 12.8 Å². The molecule has 4 fully saturated rings. The summed E-state index contributed by atoms with van der Waals surface area (Å²) in [6.07, 6.45) is -2.46. The maximum Gasteiger partial charge on any atom is 0.449 e. The van der Waals surface area contributed by atoms with Gasteiger partial charge in [0, 0.05) is 0 Å². The van der Waals surface area contributed by atoms with Gasteiger partial charge in [-0.05, 0) is 42.9 Å². The zero-order valence-electron chi connectivity index (χ0n) is 11.2. The van der Waals surface area contributed by atoms with Gasteiger partial charge < -0.3 is 9.84 Å². The highest BCUT2D eigenvalue weighted by Crippen LogP contribution is 2.69. The van der Waals surface area contributed by atoms with Crippen molar-refractivity contribution in [2.45, 2.75) is 56.1 Å². The fourth-order valence-electron chi connectivity index (χ4n) is 5.61. The normalized spacial score (nSPS) is 54.6. The summed E-state index contributed by atoms with van der Waals surface area (Å²) in [5.41, 5.74) is 0. The van der Waals surface area contributed by atoms with E-state index in [0.29, 0.717) is 6.42 Å². The van der Waals surface area contributed by atoms with Crippen LogP contribution in [0.5, 0.6) is 0 Å². The van der Waals surface area contributed by atoms with Crippen LogP contribution in [0.1, 0.15) is 32.1 Å². The number of hydrogen-bond acceptors (Lipinski definition) is 2. The molecule has 2 nitrogen and oxygen atoms in total. The van der Waals surface area contributed by atoms with E-state index < -0.39 is 35.8 Å². The molecule has 1 saturated heterocycles. The smallest absolute Gasteiger partial charge is 0.354 e. The van der Waals surface area contributed by atoms with E-state index >= 15 is 0 Å². The minimum absolute atomic E-state index is 0.0788. The van der Waals surface area contributed by atoms with E-state index in [4.69, 9.17) is 0 Å². The van der Waals surface area contributed by atoms with Gasteiger partial charge in [-0.15, -0.1) is 0 Å². The van der Waals surface area contributed by atoms with Crippen LogP contribution in [0.25, 0.3) is 0 Å². The van der Waals surface area contributed by atoms with Crippen molar-refractivity contribution in [1.29, 1.82) is 0 Å². The fraction of sp³-hybridized carbons (Fsp3) is 1.00. The number of halogens is 5.